The standard InChI is InChI=1S/C22H29N5O3/c1-2-24-22(25-15-17-6-5-7-18(14-17)30-16-21(23)29)27-12-10-26(11-13-27)19-8-3-4-9-20(19)28/h3-9,14,28H,2,10-13,15-16H2,1H3,(H2,23,29)(H,24,25). The lowest BCUT2D eigenvalue weighted by atomic mass is 10.2. The van der Waals surface area contributed by atoms with Crippen molar-refractivity contribution in [2.24, 2.45) is 10.7 Å². The quantitative estimate of drug-likeness (QED) is 0.472. The van der Waals surface area contributed by atoms with Crippen molar-refractivity contribution < 1.29 is 14.6 Å². The topological polar surface area (TPSA) is 103 Å². The first kappa shape index (κ1) is 21.3. The van der Waals surface area contributed by atoms with Crippen LogP contribution in [-0.2, 0) is 11.3 Å². The average Bonchev–Trinajstić information content (AvgIpc) is 2.76. The van der Waals surface area contributed by atoms with Crippen molar-refractivity contribution >= 4 is 17.6 Å². The molecular formula is C22H29N5O3. The third-order valence-electron chi connectivity index (χ3n) is 4.83. The lowest BCUT2D eigenvalue weighted by molar-refractivity contribution is -0.119. The van der Waals surface area contributed by atoms with E-state index in [-0.39, 0.29) is 6.61 Å². The third-order valence-corrected chi connectivity index (χ3v) is 4.83. The molecule has 160 valence electrons. The Morgan fingerprint density at radius 1 is 1.17 bits per heavy atom. The molecule has 0 saturated carbocycles. The number of para-hydroxylation sites is 2. The predicted molar refractivity (Wildman–Crippen MR) is 118 cm³/mol. The van der Waals surface area contributed by atoms with Gasteiger partial charge in [-0.1, -0.05) is 24.3 Å². The number of guanidine groups is 1. The summed E-state index contributed by atoms with van der Waals surface area (Å²) in [6.07, 6.45) is 0. The number of rotatable bonds is 7. The molecule has 8 nitrogen and oxygen atoms in total. The van der Waals surface area contributed by atoms with Crippen LogP contribution in [0.5, 0.6) is 11.5 Å². The number of nitrogens with one attached hydrogen (secondary N) is 1. The number of piperazine rings is 1. The molecule has 1 fully saturated rings. The van der Waals surface area contributed by atoms with E-state index in [9.17, 15) is 9.90 Å². The van der Waals surface area contributed by atoms with E-state index in [1.54, 1.807) is 12.1 Å². The van der Waals surface area contributed by atoms with Crippen LogP contribution in [-0.4, -0.2) is 61.2 Å². The number of ether oxygens (including phenoxy) is 1. The molecule has 0 radical (unpaired) electrons. The van der Waals surface area contributed by atoms with E-state index >= 15 is 0 Å². The van der Waals surface area contributed by atoms with E-state index in [0.29, 0.717) is 18.0 Å². The van der Waals surface area contributed by atoms with Gasteiger partial charge in [0.25, 0.3) is 5.91 Å². The highest BCUT2D eigenvalue weighted by molar-refractivity contribution is 5.80. The summed E-state index contributed by atoms with van der Waals surface area (Å²) in [5, 5.41) is 13.5. The number of primary amides is 1. The van der Waals surface area contributed by atoms with Crippen LogP contribution < -0.4 is 20.7 Å². The molecule has 2 aromatic rings. The molecule has 0 aliphatic carbocycles. The minimum atomic E-state index is -0.504. The molecule has 4 N–H and O–H groups in total. The minimum Gasteiger partial charge on any atom is -0.506 e. The third kappa shape index (κ3) is 5.79. The molecule has 1 amide bonds. The van der Waals surface area contributed by atoms with Gasteiger partial charge >= 0.3 is 0 Å². The molecule has 1 heterocycles. The number of hydrogen-bond acceptors (Lipinski definition) is 5. The SMILES string of the molecule is CCNC(=NCc1cccc(OCC(N)=O)c1)N1CCN(c2ccccc2O)CC1. The van der Waals surface area contributed by atoms with Crippen LogP contribution in [0.3, 0.4) is 0 Å². The van der Waals surface area contributed by atoms with Gasteiger partial charge in [0, 0.05) is 32.7 Å². The summed E-state index contributed by atoms with van der Waals surface area (Å²) >= 11 is 0. The second-order valence-corrected chi connectivity index (χ2v) is 7.04. The van der Waals surface area contributed by atoms with Gasteiger partial charge in [-0.15, -0.1) is 0 Å². The van der Waals surface area contributed by atoms with E-state index < -0.39 is 5.91 Å². The van der Waals surface area contributed by atoms with Crippen molar-refractivity contribution in [1.29, 1.82) is 0 Å². The van der Waals surface area contributed by atoms with Gasteiger partial charge in [-0.25, -0.2) is 4.99 Å². The van der Waals surface area contributed by atoms with E-state index in [2.05, 4.69) is 15.1 Å². The van der Waals surface area contributed by atoms with Gasteiger partial charge in [0.2, 0.25) is 0 Å². The zero-order valence-electron chi connectivity index (χ0n) is 17.3. The first-order valence-electron chi connectivity index (χ1n) is 10.1. The second-order valence-electron chi connectivity index (χ2n) is 7.04. The molecule has 30 heavy (non-hydrogen) atoms. The number of phenolic OH excluding ortho intramolecular Hbond substituents is 1. The van der Waals surface area contributed by atoms with Gasteiger partial charge in [0.1, 0.15) is 11.5 Å². The van der Waals surface area contributed by atoms with E-state index in [0.717, 1.165) is 49.9 Å². The van der Waals surface area contributed by atoms with Gasteiger partial charge in [0.05, 0.1) is 12.2 Å². The van der Waals surface area contributed by atoms with Crippen LogP contribution in [0, 0.1) is 0 Å². The molecule has 2 aromatic carbocycles. The molecule has 0 atom stereocenters. The number of carbonyl (C=O) groups excluding carboxylic acids is 1. The number of amides is 1. The first-order chi connectivity index (χ1) is 14.6. The Hall–Kier alpha value is -3.42. The van der Waals surface area contributed by atoms with Gasteiger partial charge < -0.3 is 30.7 Å². The molecular weight excluding hydrogens is 382 g/mol. The molecule has 1 aliphatic heterocycles. The van der Waals surface area contributed by atoms with Crippen LogP contribution in [0.25, 0.3) is 0 Å². The largest absolute Gasteiger partial charge is 0.506 e. The van der Waals surface area contributed by atoms with Crippen LogP contribution in [0.2, 0.25) is 0 Å². The Bertz CT molecular complexity index is 879. The number of carbonyl (C=O) groups is 1. The highest BCUT2D eigenvalue weighted by Crippen LogP contribution is 2.27. The van der Waals surface area contributed by atoms with E-state index in [1.165, 1.54) is 0 Å². The number of hydrogen-bond donors (Lipinski definition) is 3. The van der Waals surface area contributed by atoms with E-state index in [4.69, 9.17) is 15.5 Å². The molecule has 8 heteroatoms. The molecule has 0 spiro atoms. The Morgan fingerprint density at radius 3 is 2.63 bits per heavy atom. The lowest BCUT2D eigenvalue weighted by Gasteiger charge is -2.37. The number of nitrogens with zero attached hydrogens (tertiary/aromatic N) is 3. The number of aromatic hydroxyl groups is 1. The molecule has 1 saturated heterocycles. The molecule has 3 rings (SSSR count). The van der Waals surface area contributed by atoms with Crippen LogP contribution in [0.15, 0.2) is 53.5 Å². The first-order valence-corrected chi connectivity index (χ1v) is 10.1. The van der Waals surface area contributed by atoms with Gasteiger partial charge in [-0.05, 0) is 36.8 Å². The average molecular weight is 412 g/mol. The van der Waals surface area contributed by atoms with Gasteiger partial charge in [-0.3, -0.25) is 4.79 Å². The minimum absolute atomic E-state index is 0.142. The summed E-state index contributed by atoms with van der Waals surface area (Å²) in [6, 6.07) is 14.9. The molecule has 1 aliphatic rings. The summed E-state index contributed by atoms with van der Waals surface area (Å²) in [5.74, 6) is 1.27. The normalized spacial score (nSPS) is 14.5. The summed E-state index contributed by atoms with van der Waals surface area (Å²) in [6.45, 7) is 6.40. The predicted octanol–water partition coefficient (Wildman–Crippen LogP) is 1.54. The van der Waals surface area contributed by atoms with Crippen molar-refractivity contribution in [3.05, 3.63) is 54.1 Å². The fraction of sp³-hybridized carbons (Fsp3) is 0.364. The molecule has 0 bridgehead atoms. The van der Waals surface area contributed by atoms with Crippen molar-refractivity contribution in [3.8, 4) is 11.5 Å². The monoisotopic (exact) mass is 411 g/mol. The van der Waals surface area contributed by atoms with Crippen molar-refractivity contribution in [1.82, 2.24) is 10.2 Å². The summed E-state index contributed by atoms with van der Waals surface area (Å²) in [4.78, 5) is 20.1. The summed E-state index contributed by atoms with van der Waals surface area (Å²) in [5.41, 5.74) is 6.98. The number of phenols is 1. The van der Waals surface area contributed by atoms with Crippen LogP contribution in [0.4, 0.5) is 5.69 Å². The van der Waals surface area contributed by atoms with E-state index in [1.807, 2.05) is 43.3 Å². The maximum Gasteiger partial charge on any atom is 0.255 e. The smallest absolute Gasteiger partial charge is 0.255 e. The maximum atomic E-state index is 10.9. The summed E-state index contributed by atoms with van der Waals surface area (Å²) < 4.78 is 5.37. The van der Waals surface area contributed by atoms with Gasteiger partial charge in [-0.2, -0.15) is 0 Å². The zero-order chi connectivity index (χ0) is 21.3. The number of anilines is 1. The molecule has 0 aromatic heterocycles. The fourth-order valence-corrected chi connectivity index (χ4v) is 3.37. The Labute approximate surface area is 177 Å². The van der Waals surface area contributed by atoms with Gasteiger partial charge in [0.15, 0.2) is 12.6 Å². The van der Waals surface area contributed by atoms with Crippen LogP contribution >= 0.6 is 0 Å². The van der Waals surface area contributed by atoms with Crippen molar-refractivity contribution in [2.45, 2.75) is 13.5 Å². The van der Waals surface area contributed by atoms with Crippen molar-refractivity contribution in [2.75, 3.05) is 44.2 Å². The highest BCUT2D eigenvalue weighted by Gasteiger charge is 2.21. The number of nitrogens with two attached hydrogens (primary N) is 1. The number of aliphatic imine (C=N–C) groups is 1. The zero-order valence-corrected chi connectivity index (χ0v) is 17.3. The number of benzene rings is 2. The fourth-order valence-electron chi connectivity index (χ4n) is 3.37. The Kier molecular flexibility index (Phi) is 7.37. The Morgan fingerprint density at radius 2 is 1.93 bits per heavy atom. The Balaban J connectivity index is 1.62. The summed E-state index contributed by atoms with van der Waals surface area (Å²) in [7, 11) is 0. The molecule has 0 unspecified atom stereocenters. The highest BCUT2D eigenvalue weighted by atomic mass is 16.5. The van der Waals surface area contributed by atoms with Crippen molar-refractivity contribution in [3.63, 3.8) is 0 Å². The lowest BCUT2D eigenvalue weighted by Crippen LogP contribution is -2.52. The second kappa shape index (κ2) is 10.4. The maximum absolute atomic E-state index is 10.9. The van der Waals surface area contributed by atoms with Crippen LogP contribution in [0.1, 0.15) is 12.5 Å².